The summed E-state index contributed by atoms with van der Waals surface area (Å²) in [6, 6.07) is -0.791. The van der Waals surface area contributed by atoms with E-state index in [-0.39, 0.29) is 6.61 Å². The molecule has 0 aromatic carbocycles. The van der Waals surface area contributed by atoms with Crippen LogP contribution in [0.25, 0.3) is 0 Å². The van der Waals surface area contributed by atoms with Gasteiger partial charge in [0, 0.05) is 0 Å². The fourth-order valence-corrected chi connectivity index (χ4v) is 6.89. The van der Waals surface area contributed by atoms with Gasteiger partial charge in [-0.1, -0.05) is 231 Å². The molecule has 4 N–H and O–H groups in total. The first kappa shape index (κ1) is 48.1. The summed E-state index contributed by atoms with van der Waals surface area (Å²) in [7, 11) is 0. The van der Waals surface area contributed by atoms with E-state index in [4.69, 9.17) is 0 Å². The molecule has 0 aliphatic heterocycles. The van der Waals surface area contributed by atoms with E-state index in [1.54, 1.807) is 6.08 Å². The Bertz CT molecular complexity index is 684. The molecule has 0 saturated carbocycles. The van der Waals surface area contributed by atoms with Crippen LogP contribution in [0.1, 0.15) is 239 Å². The molecular formula is C44H87NO4. The molecule has 0 aromatic rings. The van der Waals surface area contributed by atoms with Gasteiger partial charge in [0.1, 0.15) is 6.10 Å². The summed E-state index contributed by atoms with van der Waals surface area (Å²) in [5.74, 6) is -0.500. The van der Waals surface area contributed by atoms with Gasteiger partial charge in [-0.05, 0) is 19.3 Å². The molecule has 0 fully saturated rings. The monoisotopic (exact) mass is 694 g/mol. The van der Waals surface area contributed by atoms with Crippen LogP contribution in [0.3, 0.4) is 0 Å². The molecule has 0 saturated heterocycles. The van der Waals surface area contributed by atoms with Crippen molar-refractivity contribution in [3.8, 4) is 0 Å². The highest BCUT2D eigenvalue weighted by Gasteiger charge is 2.22. The summed E-state index contributed by atoms with van der Waals surface area (Å²) < 4.78 is 0. The summed E-state index contributed by atoms with van der Waals surface area (Å²) in [6.45, 7) is 4.19. The van der Waals surface area contributed by atoms with Crippen LogP contribution in [0.15, 0.2) is 12.2 Å². The molecule has 0 unspecified atom stereocenters. The van der Waals surface area contributed by atoms with E-state index in [1.807, 2.05) is 6.08 Å². The predicted octanol–water partition coefficient (Wildman–Crippen LogP) is 12.4. The van der Waals surface area contributed by atoms with Crippen molar-refractivity contribution in [2.75, 3.05) is 6.61 Å². The standard InChI is InChI=1S/C44H87NO4/c1-3-5-7-9-11-13-15-17-18-19-20-21-22-23-24-25-27-29-31-33-35-37-39-43(48)44(49)45-41(40-46)42(47)38-36-34-32-30-28-26-16-14-12-10-8-6-4-2/h36,38,41-43,46-48H,3-35,37,39-40H2,1-2H3,(H,45,49)/b38-36+/t41-,42+,43-/m0/s1. The van der Waals surface area contributed by atoms with Crippen LogP contribution in [0.5, 0.6) is 0 Å². The van der Waals surface area contributed by atoms with Crippen molar-refractivity contribution in [3.63, 3.8) is 0 Å². The Balaban J connectivity index is 3.60. The molecule has 0 rings (SSSR count). The third kappa shape index (κ3) is 35.3. The maximum atomic E-state index is 12.4. The molecule has 292 valence electrons. The van der Waals surface area contributed by atoms with Crippen molar-refractivity contribution in [1.29, 1.82) is 0 Å². The number of allylic oxidation sites excluding steroid dienone is 1. The van der Waals surface area contributed by atoms with E-state index >= 15 is 0 Å². The second-order valence-electron chi connectivity index (χ2n) is 15.3. The maximum absolute atomic E-state index is 12.4. The topological polar surface area (TPSA) is 89.8 Å². The van der Waals surface area contributed by atoms with E-state index in [1.165, 1.54) is 186 Å². The number of unbranched alkanes of at least 4 members (excludes halogenated alkanes) is 32. The minimum Gasteiger partial charge on any atom is -0.394 e. The average Bonchev–Trinajstić information content (AvgIpc) is 3.11. The molecule has 0 aromatic heterocycles. The Labute approximate surface area is 306 Å². The molecule has 49 heavy (non-hydrogen) atoms. The Kier molecular flexibility index (Phi) is 39.1. The zero-order valence-electron chi connectivity index (χ0n) is 33.1. The van der Waals surface area contributed by atoms with Gasteiger partial charge in [-0.15, -0.1) is 0 Å². The quantitative estimate of drug-likeness (QED) is 0.0380. The van der Waals surface area contributed by atoms with Gasteiger partial charge in [-0.2, -0.15) is 0 Å². The highest BCUT2D eigenvalue weighted by molar-refractivity contribution is 5.80. The molecule has 0 bridgehead atoms. The van der Waals surface area contributed by atoms with Gasteiger partial charge in [0.2, 0.25) is 5.91 Å². The number of nitrogens with one attached hydrogen (secondary N) is 1. The zero-order valence-corrected chi connectivity index (χ0v) is 33.1. The predicted molar refractivity (Wildman–Crippen MR) is 213 cm³/mol. The highest BCUT2D eigenvalue weighted by atomic mass is 16.3. The first-order chi connectivity index (χ1) is 24.1. The summed E-state index contributed by atoms with van der Waals surface area (Å²) in [4.78, 5) is 12.4. The lowest BCUT2D eigenvalue weighted by molar-refractivity contribution is -0.131. The van der Waals surface area contributed by atoms with E-state index in [0.717, 1.165) is 32.1 Å². The first-order valence-corrected chi connectivity index (χ1v) is 22.0. The van der Waals surface area contributed by atoms with Gasteiger partial charge >= 0.3 is 0 Å². The number of aliphatic hydroxyl groups is 3. The fraction of sp³-hybridized carbons (Fsp3) is 0.932. The number of aliphatic hydroxyl groups excluding tert-OH is 3. The van der Waals surface area contributed by atoms with Gasteiger partial charge in [0.05, 0.1) is 18.8 Å². The zero-order chi connectivity index (χ0) is 35.9. The summed E-state index contributed by atoms with van der Waals surface area (Å²) in [6.07, 6.45) is 46.7. The van der Waals surface area contributed by atoms with Crippen LogP contribution in [-0.2, 0) is 4.79 Å². The largest absolute Gasteiger partial charge is 0.394 e. The highest BCUT2D eigenvalue weighted by Crippen LogP contribution is 2.16. The van der Waals surface area contributed by atoms with Crippen LogP contribution in [0.4, 0.5) is 0 Å². The molecule has 0 spiro atoms. The average molecular weight is 694 g/mol. The lowest BCUT2D eigenvalue weighted by Gasteiger charge is -2.21. The van der Waals surface area contributed by atoms with E-state index in [9.17, 15) is 20.1 Å². The summed E-state index contributed by atoms with van der Waals surface area (Å²) in [5.41, 5.74) is 0. The van der Waals surface area contributed by atoms with Crippen molar-refractivity contribution in [2.45, 2.75) is 257 Å². The van der Waals surface area contributed by atoms with Crippen molar-refractivity contribution < 1.29 is 20.1 Å². The van der Waals surface area contributed by atoms with Gasteiger partial charge in [-0.25, -0.2) is 0 Å². The third-order valence-electron chi connectivity index (χ3n) is 10.4. The molecule has 0 aliphatic carbocycles. The minimum atomic E-state index is -1.09. The maximum Gasteiger partial charge on any atom is 0.249 e. The Morgan fingerprint density at radius 1 is 0.490 bits per heavy atom. The molecule has 3 atom stereocenters. The SMILES string of the molecule is CCCCCCCCCCCCC/C=C/[C@@H](O)[C@H](CO)NC(=O)[C@@H](O)CCCCCCCCCCCCCCCCCCCCCCCC. The molecule has 1 amide bonds. The number of hydrogen-bond donors (Lipinski definition) is 4. The molecule has 0 heterocycles. The molecule has 5 heteroatoms. The molecular weight excluding hydrogens is 606 g/mol. The number of amides is 1. The van der Waals surface area contributed by atoms with Crippen LogP contribution in [0.2, 0.25) is 0 Å². The van der Waals surface area contributed by atoms with Crippen LogP contribution in [0, 0.1) is 0 Å². The number of carbonyl (C=O) groups excluding carboxylic acids is 1. The number of carbonyl (C=O) groups is 1. The number of rotatable bonds is 40. The second-order valence-corrected chi connectivity index (χ2v) is 15.3. The minimum absolute atomic E-state index is 0.359. The van der Waals surface area contributed by atoms with Crippen LogP contribution in [-0.4, -0.2) is 46.1 Å². The van der Waals surface area contributed by atoms with Crippen molar-refractivity contribution in [1.82, 2.24) is 5.32 Å². The van der Waals surface area contributed by atoms with E-state index in [0.29, 0.717) is 6.42 Å². The molecule has 5 nitrogen and oxygen atoms in total. The van der Waals surface area contributed by atoms with Crippen LogP contribution < -0.4 is 5.32 Å². The van der Waals surface area contributed by atoms with E-state index in [2.05, 4.69) is 19.2 Å². The Morgan fingerprint density at radius 2 is 0.796 bits per heavy atom. The Morgan fingerprint density at radius 3 is 1.12 bits per heavy atom. The van der Waals surface area contributed by atoms with Crippen molar-refractivity contribution in [3.05, 3.63) is 12.2 Å². The Hall–Kier alpha value is -0.910. The molecule has 0 radical (unpaired) electrons. The van der Waals surface area contributed by atoms with Crippen molar-refractivity contribution in [2.24, 2.45) is 0 Å². The molecule has 0 aliphatic rings. The first-order valence-electron chi connectivity index (χ1n) is 22.0. The smallest absolute Gasteiger partial charge is 0.249 e. The van der Waals surface area contributed by atoms with Crippen molar-refractivity contribution >= 4 is 5.91 Å². The summed E-state index contributed by atoms with van der Waals surface area (Å²) in [5, 5.41) is 33.1. The lowest BCUT2D eigenvalue weighted by Crippen LogP contribution is -2.48. The normalized spacial score (nSPS) is 13.7. The fourth-order valence-electron chi connectivity index (χ4n) is 6.89. The lowest BCUT2D eigenvalue weighted by atomic mass is 10.0. The second kappa shape index (κ2) is 39.9. The van der Waals surface area contributed by atoms with Gasteiger partial charge in [0.25, 0.3) is 0 Å². The van der Waals surface area contributed by atoms with Gasteiger partial charge < -0.3 is 20.6 Å². The van der Waals surface area contributed by atoms with E-state index < -0.39 is 24.2 Å². The van der Waals surface area contributed by atoms with Crippen LogP contribution >= 0.6 is 0 Å². The van der Waals surface area contributed by atoms with Gasteiger partial charge in [0.15, 0.2) is 0 Å². The summed E-state index contributed by atoms with van der Waals surface area (Å²) >= 11 is 0. The third-order valence-corrected chi connectivity index (χ3v) is 10.4. The van der Waals surface area contributed by atoms with Gasteiger partial charge in [-0.3, -0.25) is 4.79 Å². The number of hydrogen-bond acceptors (Lipinski definition) is 4.